The molecule has 0 aliphatic carbocycles. The average molecular weight is 299 g/mol. The summed E-state index contributed by atoms with van der Waals surface area (Å²) < 4.78 is 5.97. The summed E-state index contributed by atoms with van der Waals surface area (Å²) in [4.78, 5) is 14.1. The van der Waals surface area contributed by atoms with Gasteiger partial charge in [-0.25, -0.2) is 0 Å². The minimum Gasteiger partial charge on any atom is -0.458 e. The molecule has 2 aliphatic rings. The van der Waals surface area contributed by atoms with E-state index in [2.05, 4.69) is 21.2 Å². The monoisotopic (exact) mass is 298 g/mol. The van der Waals surface area contributed by atoms with Gasteiger partial charge in [-0.05, 0) is 47.3 Å². The number of hydrogen-bond donors (Lipinski definition) is 1. The van der Waals surface area contributed by atoms with Gasteiger partial charge in [0.2, 0.25) is 5.76 Å². The first-order chi connectivity index (χ1) is 8.25. The summed E-state index contributed by atoms with van der Waals surface area (Å²) in [5.41, 5.74) is 0. The Balaban J connectivity index is 1.73. The summed E-state index contributed by atoms with van der Waals surface area (Å²) in [5, 5.41) is 3.47. The van der Waals surface area contributed by atoms with Crippen LogP contribution in [0.15, 0.2) is 21.2 Å². The Kier molecular flexibility index (Phi) is 2.96. The van der Waals surface area contributed by atoms with Crippen molar-refractivity contribution >= 4 is 21.8 Å². The van der Waals surface area contributed by atoms with Crippen molar-refractivity contribution in [2.75, 3.05) is 19.6 Å². The lowest BCUT2D eigenvalue weighted by molar-refractivity contribution is 0.0636. The topological polar surface area (TPSA) is 45.5 Å². The summed E-state index contributed by atoms with van der Waals surface area (Å²) in [6.45, 7) is 2.73. The lowest BCUT2D eigenvalue weighted by atomic mass is 9.92. The maximum absolute atomic E-state index is 12.2. The molecule has 0 bridgehead atoms. The van der Waals surface area contributed by atoms with Crippen molar-refractivity contribution < 1.29 is 9.21 Å². The third kappa shape index (κ3) is 2.02. The Morgan fingerprint density at radius 2 is 2.41 bits per heavy atom. The molecular weight excluding hydrogens is 284 g/mol. The van der Waals surface area contributed by atoms with Crippen LogP contribution in [0.2, 0.25) is 0 Å². The first-order valence-electron chi connectivity index (χ1n) is 6.01. The van der Waals surface area contributed by atoms with Gasteiger partial charge in [0, 0.05) is 19.1 Å². The molecule has 2 atom stereocenters. The van der Waals surface area contributed by atoms with Crippen LogP contribution in [-0.4, -0.2) is 36.5 Å². The highest BCUT2D eigenvalue weighted by molar-refractivity contribution is 9.10. The van der Waals surface area contributed by atoms with Crippen LogP contribution in [0.1, 0.15) is 23.4 Å². The van der Waals surface area contributed by atoms with Crippen LogP contribution >= 0.6 is 15.9 Å². The maximum Gasteiger partial charge on any atom is 0.290 e. The van der Waals surface area contributed by atoms with Gasteiger partial charge < -0.3 is 14.6 Å². The number of nitrogens with one attached hydrogen (secondary N) is 1. The molecule has 0 radical (unpaired) electrons. The second-order valence-corrected chi connectivity index (χ2v) is 5.60. The molecule has 4 nitrogen and oxygen atoms in total. The Labute approximate surface area is 108 Å². The predicted molar refractivity (Wildman–Crippen MR) is 66.8 cm³/mol. The third-order valence-corrected chi connectivity index (χ3v) is 4.40. The standard InChI is InChI=1S/C12H15BrN2O2/c13-9-3-6-17-11(9)12(16)15-5-2-8-1-4-14-10(8)7-15/h3,6,8,10,14H,1-2,4-5,7H2. The Hall–Kier alpha value is -0.810. The molecule has 3 heterocycles. The first-order valence-corrected chi connectivity index (χ1v) is 6.80. The lowest BCUT2D eigenvalue weighted by Crippen LogP contribution is -2.48. The fourth-order valence-electron chi connectivity index (χ4n) is 2.81. The van der Waals surface area contributed by atoms with Crippen LogP contribution in [0.25, 0.3) is 0 Å². The van der Waals surface area contributed by atoms with E-state index < -0.39 is 0 Å². The fourth-order valence-corrected chi connectivity index (χ4v) is 3.18. The van der Waals surface area contributed by atoms with Gasteiger partial charge in [0.1, 0.15) is 0 Å². The Morgan fingerprint density at radius 1 is 1.53 bits per heavy atom. The van der Waals surface area contributed by atoms with Gasteiger partial charge in [0.25, 0.3) is 5.91 Å². The molecule has 2 aliphatic heterocycles. The van der Waals surface area contributed by atoms with Gasteiger partial charge >= 0.3 is 0 Å². The molecule has 2 fully saturated rings. The van der Waals surface area contributed by atoms with E-state index in [4.69, 9.17) is 4.42 Å². The zero-order valence-electron chi connectivity index (χ0n) is 9.49. The third-order valence-electron chi connectivity index (χ3n) is 3.78. The molecule has 2 unspecified atom stereocenters. The van der Waals surface area contributed by atoms with E-state index in [0.29, 0.717) is 11.8 Å². The number of likely N-dealkylation sites (tertiary alicyclic amines) is 1. The van der Waals surface area contributed by atoms with Gasteiger partial charge in [0.15, 0.2) is 0 Å². The molecule has 0 aromatic carbocycles. The first kappa shape index (κ1) is 11.3. The maximum atomic E-state index is 12.2. The lowest BCUT2D eigenvalue weighted by Gasteiger charge is -2.34. The average Bonchev–Trinajstić information content (AvgIpc) is 2.95. The summed E-state index contributed by atoms with van der Waals surface area (Å²) >= 11 is 3.33. The van der Waals surface area contributed by atoms with Crippen molar-refractivity contribution in [2.24, 2.45) is 5.92 Å². The molecule has 2 saturated heterocycles. The Bertz CT molecular complexity index is 432. The van der Waals surface area contributed by atoms with E-state index in [0.717, 1.165) is 36.4 Å². The minimum absolute atomic E-state index is 0.00553. The SMILES string of the molecule is O=C(c1occc1Br)N1CCC2CCNC2C1. The highest BCUT2D eigenvalue weighted by Gasteiger charge is 2.35. The number of amides is 1. The largest absolute Gasteiger partial charge is 0.458 e. The number of rotatable bonds is 1. The summed E-state index contributed by atoms with van der Waals surface area (Å²) in [7, 11) is 0. The van der Waals surface area contributed by atoms with Gasteiger partial charge in [-0.1, -0.05) is 0 Å². The van der Waals surface area contributed by atoms with Crippen molar-refractivity contribution in [1.29, 1.82) is 0 Å². The zero-order valence-corrected chi connectivity index (χ0v) is 11.1. The quantitative estimate of drug-likeness (QED) is 0.861. The van der Waals surface area contributed by atoms with E-state index in [9.17, 15) is 4.79 Å². The predicted octanol–water partition coefficient (Wildman–Crippen LogP) is 1.87. The molecule has 1 amide bonds. The molecule has 92 valence electrons. The van der Waals surface area contributed by atoms with Crippen molar-refractivity contribution in [3.05, 3.63) is 22.6 Å². The van der Waals surface area contributed by atoms with Gasteiger partial charge in [0.05, 0.1) is 10.7 Å². The van der Waals surface area contributed by atoms with Crippen molar-refractivity contribution in [1.82, 2.24) is 10.2 Å². The smallest absolute Gasteiger partial charge is 0.290 e. The van der Waals surface area contributed by atoms with E-state index in [-0.39, 0.29) is 5.91 Å². The molecule has 0 saturated carbocycles. The molecule has 0 spiro atoms. The van der Waals surface area contributed by atoms with Crippen LogP contribution in [0, 0.1) is 5.92 Å². The van der Waals surface area contributed by atoms with Gasteiger partial charge in [-0.2, -0.15) is 0 Å². The van der Waals surface area contributed by atoms with Crippen molar-refractivity contribution in [2.45, 2.75) is 18.9 Å². The number of carbonyl (C=O) groups excluding carboxylic acids is 1. The second kappa shape index (κ2) is 4.46. The van der Waals surface area contributed by atoms with Crippen LogP contribution in [-0.2, 0) is 0 Å². The highest BCUT2D eigenvalue weighted by atomic mass is 79.9. The zero-order chi connectivity index (χ0) is 11.8. The Morgan fingerprint density at radius 3 is 3.18 bits per heavy atom. The van der Waals surface area contributed by atoms with E-state index in [1.54, 1.807) is 6.07 Å². The molecule has 1 N–H and O–H groups in total. The van der Waals surface area contributed by atoms with Crippen LogP contribution < -0.4 is 5.32 Å². The second-order valence-electron chi connectivity index (χ2n) is 4.75. The molecule has 17 heavy (non-hydrogen) atoms. The van der Waals surface area contributed by atoms with Crippen LogP contribution in [0.3, 0.4) is 0 Å². The normalized spacial score (nSPS) is 28.2. The van der Waals surface area contributed by atoms with E-state index in [1.807, 2.05) is 4.90 Å². The van der Waals surface area contributed by atoms with Gasteiger partial charge in [-0.15, -0.1) is 0 Å². The van der Waals surface area contributed by atoms with E-state index in [1.165, 1.54) is 12.7 Å². The highest BCUT2D eigenvalue weighted by Crippen LogP contribution is 2.27. The van der Waals surface area contributed by atoms with Crippen LogP contribution in [0.4, 0.5) is 0 Å². The number of nitrogens with zero attached hydrogens (tertiary/aromatic N) is 1. The molecule has 5 heteroatoms. The molecule has 3 rings (SSSR count). The summed E-state index contributed by atoms with van der Waals surface area (Å²) in [5.74, 6) is 1.16. The number of furan rings is 1. The molecule has 1 aromatic rings. The van der Waals surface area contributed by atoms with Crippen LogP contribution in [0.5, 0.6) is 0 Å². The number of hydrogen-bond acceptors (Lipinski definition) is 3. The molecular formula is C12H15BrN2O2. The van der Waals surface area contributed by atoms with Crippen molar-refractivity contribution in [3.63, 3.8) is 0 Å². The van der Waals surface area contributed by atoms with Crippen molar-refractivity contribution in [3.8, 4) is 0 Å². The number of piperidine rings is 1. The number of halogens is 1. The fraction of sp³-hybridized carbons (Fsp3) is 0.583. The summed E-state index contributed by atoms with van der Waals surface area (Å²) in [6, 6.07) is 2.23. The number of fused-ring (bicyclic) bond motifs is 1. The number of carbonyl (C=O) groups is 1. The van der Waals surface area contributed by atoms with E-state index >= 15 is 0 Å². The van der Waals surface area contributed by atoms with Gasteiger partial charge in [-0.3, -0.25) is 4.79 Å². The molecule has 1 aromatic heterocycles. The summed E-state index contributed by atoms with van der Waals surface area (Å²) in [6.07, 6.45) is 3.89. The minimum atomic E-state index is -0.00553.